The van der Waals surface area contributed by atoms with Crippen LogP contribution in [0.5, 0.6) is 5.75 Å². The average molecular weight is 207 g/mol. The van der Waals surface area contributed by atoms with Crippen LogP contribution in [0.4, 0.5) is 0 Å². The number of hydrogen-bond acceptors (Lipinski definition) is 3. The van der Waals surface area contributed by atoms with Gasteiger partial charge in [0.2, 0.25) is 0 Å². The quantitative estimate of drug-likeness (QED) is 0.770. The molecular weight excluding hydrogens is 190 g/mol. The van der Waals surface area contributed by atoms with Crippen molar-refractivity contribution in [2.24, 2.45) is 5.73 Å². The van der Waals surface area contributed by atoms with Gasteiger partial charge in [-0.3, -0.25) is 0 Å². The van der Waals surface area contributed by atoms with Crippen LogP contribution in [-0.2, 0) is 12.8 Å². The Kier molecular flexibility index (Phi) is 3.23. The molecule has 15 heavy (non-hydrogen) atoms. The van der Waals surface area contributed by atoms with Gasteiger partial charge in [-0.1, -0.05) is 12.1 Å². The molecule has 1 aromatic carbocycles. The minimum absolute atomic E-state index is 0.341. The maximum atomic E-state index is 9.36. The van der Waals surface area contributed by atoms with E-state index in [1.165, 1.54) is 11.1 Å². The van der Waals surface area contributed by atoms with Gasteiger partial charge >= 0.3 is 0 Å². The molecule has 1 aliphatic rings. The Bertz CT molecular complexity index is 338. The molecule has 0 bridgehead atoms. The molecule has 0 radical (unpaired) electrons. The second-order valence-corrected chi connectivity index (χ2v) is 3.97. The van der Waals surface area contributed by atoms with Crippen LogP contribution >= 0.6 is 0 Å². The van der Waals surface area contributed by atoms with Crippen LogP contribution in [0.2, 0.25) is 0 Å². The maximum absolute atomic E-state index is 9.36. The fourth-order valence-electron chi connectivity index (χ4n) is 1.85. The molecule has 1 aliphatic heterocycles. The van der Waals surface area contributed by atoms with Gasteiger partial charge in [-0.2, -0.15) is 0 Å². The Labute approximate surface area is 89.9 Å². The number of aryl methyl sites for hydroxylation is 1. The van der Waals surface area contributed by atoms with Crippen LogP contribution in [0.1, 0.15) is 17.5 Å². The average Bonchev–Trinajstić information content (AvgIpc) is 2.72. The molecule has 3 nitrogen and oxygen atoms in total. The highest BCUT2D eigenvalue weighted by Crippen LogP contribution is 2.26. The Hall–Kier alpha value is -1.06. The summed E-state index contributed by atoms with van der Waals surface area (Å²) in [5.74, 6) is 1.01. The van der Waals surface area contributed by atoms with Gasteiger partial charge in [-0.25, -0.2) is 0 Å². The molecule has 1 heterocycles. The van der Waals surface area contributed by atoms with Crippen molar-refractivity contribution in [3.05, 3.63) is 29.3 Å². The molecule has 0 saturated carbocycles. The Morgan fingerprint density at radius 1 is 1.47 bits per heavy atom. The lowest BCUT2D eigenvalue weighted by Gasteiger charge is -2.08. The molecule has 1 unspecified atom stereocenters. The van der Waals surface area contributed by atoms with E-state index in [-0.39, 0.29) is 6.10 Å². The van der Waals surface area contributed by atoms with Crippen molar-refractivity contribution >= 4 is 0 Å². The van der Waals surface area contributed by atoms with Gasteiger partial charge in [0.05, 0.1) is 12.7 Å². The third-order valence-electron chi connectivity index (χ3n) is 2.79. The second kappa shape index (κ2) is 4.64. The van der Waals surface area contributed by atoms with Gasteiger partial charge in [0.1, 0.15) is 5.75 Å². The van der Waals surface area contributed by atoms with Gasteiger partial charge in [0.15, 0.2) is 0 Å². The second-order valence-electron chi connectivity index (χ2n) is 3.97. The standard InChI is InChI=1S/C12H17NO2/c13-8-11(14)3-1-9-2-4-12-10(7-9)5-6-15-12/h2,4,7,11,14H,1,3,5-6,8,13H2. The van der Waals surface area contributed by atoms with Gasteiger partial charge in [0, 0.05) is 13.0 Å². The van der Waals surface area contributed by atoms with Gasteiger partial charge < -0.3 is 15.6 Å². The van der Waals surface area contributed by atoms with Crippen LogP contribution in [0, 0.1) is 0 Å². The summed E-state index contributed by atoms with van der Waals surface area (Å²) < 4.78 is 5.43. The van der Waals surface area contributed by atoms with Crippen LogP contribution in [0.25, 0.3) is 0 Å². The van der Waals surface area contributed by atoms with E-state index in [1.54, 1.807) is 0 Å². The summed E-state index contributed by atoms with van der Waals surface area (Å²) in [5.41, 5.74) is 7.90. The fourth-order valence-corrected chi connectivity index (χ4v) is 1.85. The fraction of sp³-hybridized carbons (Fsp3) is 0.500. The first kappa shape index (κ1) is 10.5. The molecule has 0 fully saturated rings. The van der Waals surface area contributed by atoms with Crippen LogP contribution < -0.4 is 10.5 Å². The lowest BCUT2D eigenvalue weighted by atomic mass is 10.0. The van der Waals surface area contributed by atoms with Crippen molar-refractivity contribution in [2.75, 3.05) is 13.2 Å². The topological polar surface area (TPSA) is 55.5 Å². The molecule has 1 aromatic rings. The first-order chi connectivity index (χ1) is 7.29. The number of rotatable bonds is 4. The lowest BCUT2D eigenvalue weighted by Crippen LogP contribution is -2.20. The summed E-state index contributed by atoms with van der Waals surface area (Å²) in [6.07, 6.45) is 2.24. The number of fused-ring (bicyclic) bond motifs is 1. The van der Waals surface area contributed by atoms with Crippen molar-refractivity contribution in [2.45, 2.75) is 25.4 Å². The van der Waals surface area contributed by atoms with Crippen molar-refractivity contribution in [1.82, 2.24) is 0 Å². The minimum Gasteiger partial charge on any atom is -0.493 e. The maximum Gasteiger partial charge on any atom is 0.122 e. The number of benzene rings is 1. The highest BCUT2D eigenvalue weighted by molar-refractivity contribution is 5.39. The molecule has 0 aromatic heterocycles. The molecule has 0 spiro atoms. The van der Waals surface area contributed by atoms with E-state index in [0.717, 1.165) is 31.6 Å². The van der Waals surface area contributed by atoms with Gasteiger partial charge in [-0.05, 0) is 30.0 Å². The number of aliphatic hydroxyl groups is 1. The van der Waals surface area contributed by atoms with Crippen molar-refractivity contribution in [1.29, 1.82) is 0 Å². The van der Waals surface area contributed by atoms with E-state index in [0.29, 0.717) is 6.54 Å². The van der Waals surface area contributed by atoms with E-state index >= 15 is 0 Å². The molecule has 2 rings (SSSR count). The summed E-state index contributed by atoms with van der Waals surface area (Å²) in [4.78, 5) is 0. The third kappa shape index (κ3) is 2.49. The SMILES string of the molecule is NCC(O)CCc1ccc2c(c1)CCO2. The first-order valence-electron chi connectivity index (χ1n) is 5.42. The predicted octanol–water partition coefficient (Wildman–Crippen LogP) is 0.874. The molecule has 3 N–H and O–H groups in total. The highest BCUT2D eigenvalue weighted by atomic mass is 16.5. The molecule has 82 valence electrons. The number of ether oxygens (including phenoxy) is 1. The monoisotopic (exact) mass is 207 g/mol. The number of aliphatic hydroxyl groups excluding tert-OH is 1. The Balaban J connectivity index is 1.98. The van der Waals surface area contributed by atoms with E-state index in [2.05, 4.69) is 12.1 Å². The van der Waals surface area contributed by atoms with E-state index in [9.17, 15) is 5.11 Å². The van der Waals surface area contributed by atoms with Gasteiger partial charge in [0.25, 0.3) is 0 Å². The molecule has 0 aliphatic carbocycles. The minimum atomic E-state index is -0.380. The van der Waals surface area contributed by atoms with Crippen molar-refractivity contribution < 1.29 is 9.84 Å². The third-order valence-corrected chi connectivity index (χ3v) is 2.79. The largest absolute Gasteiger partial charge is 0.493 e. The molecule has 0 amide bonds. The van der Waals surface area contributed by atoms with Crippen LogP contribution in [0.3, 0.4) is 0 Å². The zero-order valence-electron chi connectivity index (χ0n) is 8.78. The zero-order valence-corrected chi connectivity index (χ0v) is 8.78. The van der Waals surface area contributed by atoms with E-state index < -0.39 is 0 Å². The van der Waals surface area contributed by atoms with E-state index in [1.807, 2.05) is 6.07 Å². The summed E-state index contributed by atoms with van der Waals surface area (Å²) >= 11 is 0. The predicted molar refractivity (Wildman–Crippen MR) is 59.0 cm³/mol. The summed E-state index contributed by atoms with van der Waals surface area (Å²) in [5, 5.41) is 9.36. The Morgan fingerprint density at radius 3 is 3.13 bits per heavy atom. The Morgan fingerprint density at radius 2 is 2.33 bits per heavy atom. The van der Waals surface area contributed by atoms with Crippen molar-refractivity contribution in [3.8, 4) is 5.75 Å². The normalized spacial score (nSPS) is 15.9. The van der Waals surface area contributed by atoms with Crippen LogP contribution in [0.15, 0.2) is 18.2 Å². The number of hydrogen-bond donors (Lipinski definition) is 2. The summed E-state index contributed by atoms with van der Waals surface area (Å²) in [7, 11) is 0. The number of nitrogens with two attached hydrogens (primary N) is 1. The highest BCUT2D eigenvalue weighted by Gasteiger charge is 2.12. The lowest BCUT2D eigenvalue weighted by molar-refractivity contribution is 0.173. The molecule has 0 saturated heterocycles. The van der Waals surface area contributed by atoms with E-state index in [4.69, 9.17) is 10.5 Å². The summed E-state index contributed by atoms with van der Waals surface area (Å²) in [6.45, 7) is 1.14. The zero-order chi connectivity index (χ0) is 10.7. The first-order valence-corrected chi connectivity index (χ1v) is 5.42. The molecule has 1 atom stereocenters. The van der Waals surface area contributed by atoms with Crippen LogP contribution in [-0.4, -0.2) is 24.4 Å². The smallest absolute Gasteiger partial charge is 0.122 e. The van der Waals surface area contributed by atoms with Crippen molar-refractivity contribution in [3.63, 3.8) is 0 Å². The van der Waals surface area contributed by atoms with Gasteiger partial charge in [-0.15, -0.1) is 0 Å². The summed E-state index contributed by atoms with van der Waals surface area (Å²) in [6, 6.07) is 6.26. The molecule has 3 heteroatoms. The molecular formula is C12H17NO2.